The summed E-state index contributed by atoms with van der Waals surface area (Å²) >= 11 is 0. The van der Waals surface area contributed by atoms with E-state index in [-0.39, 0.29) is 6.61 Å². The van der Waals surface area contributed by atoms with Gasteiger partial charge in [0.1, 0.15) is 0 Å². The van der Waals surface area contributed by atoms with Crippen LogP contribution in [-0.2, 0) is 13.0 Å². The SMILES string of the molecule is CCn1cc(CCCO)c2c(C)c(C(=O)O)cc(C)c21. The van der Waals surface area contributed by atoms with Crippen LogP contribution in [0.5, 0.6) is 0 Å². The Hall–Kier alpha value is -1.81. The summed E-state index contributed by atoms with van der Waals surface area (Å²) in [6.45, 7) is 6.90. The van der Waals surface area contributed by atoms with Gasteiger partial charge in [0.15, 0.2) is 0 Å². The van der Waals surface area contributed by atoms with Gasteiger partial charge in [-0.05, 0) is 56.4 Å². The number of hydrogen-bond donors (Lipinski definition) is 2. The van der Waals surface area contributed by atoms with Crippen molar-refractivity contribution in [1.82, 2.24) is 4.57 Å². The lowest BCUT2D eigenvalue weighted by atomic mass is 9.97. The minimum atomic E-state index is -0.884. The van der Waals surface area contributed by atoms with Crippen LogP contribution in [0.2, 0.25) is 0 Å². The molecule has 0 aliphatic rings. The third-order valence-corrected chi connectivity index (χ3v) is 3.85. The first kappa shape index (κ1) is 14.6. The summed E-state index contributed by atoms with van der Waals surface area (Å²) in [5.41, 5.74) is 4.41. The molecule has 0 bridgehead atoms. The number of carbonyl (C=O) groups is 1. The van der Waals surface area contributed by atoms with E-state index in [2.05, 4.69) is 17.7 Å². The summed E-state index contributed by atoms with van der Waals surface area (Å²) in [6, 6.07) is 1.75. The van der Waals surface area contributed by atoms with Crippen LogP contribution in [0.3, 0.4) is 0 Å². The fraction of sp³-hybridized carbons (Fsp3) is 0.438. The Morgan fingerprint density at radius 1 is 1.35 bits per heavy atom. The molecule has 2 rings (SSSR count). The first-order chi connectivity index (χ1) is 9.51. The van der Waals surface area contributed by atoms with Crippen molar-refractivity contribution >= 4 is 16.9 Å². The van der Waals surface area contributed by atoms with Crippen LogP contribution in [0.4, 0.5) is 0 Å². The molecule has 0 radical (unpaired) electrons. The minimum absolute atomic E-state index is 0.148. The van der Waals surface area contributed by atoms with E-state index >= 15 is 0 Å². The third kappa shape index (κ3) is 2.31. The lowest BCUT2D eigenvalue weighted by Crippen LogP contribution is -2.03. The van der Waals surface area contributed by atoms with Gasteiger partial charge in [-0.1, -0.05) is 0 Å². The van der Waals surface area contributed by atoms with Crippen LogP contribution < -0.4 is 0 Å². The number of carboxylic acids is 1. The molecule has 108 valence electrons. The quantitative estimate of drug-likeness (QED) is 0.882. The van der Waals surface area contributed by atoms with Crippen molar-refractivity contribution in [1.29, 1.82) is 0 Å². The van der Waals surface area contributed by atoms with Gasteiger partial charge in [0.05, 0.1) is 11.1 Å². The van der Waals surface area contributed by atoms with Gasteiger partial charge in [0.2, 0.25) is 0 Å². The first-order valence-corrected chi connectivity index (χ1v) is 6.97. The van der Waals surface area contributed by atoms with Gasteiger partial charge >= 0.3 is 5.97 Å². The second-order valence-electron chi connectivity index (χ2n) is 5.16. The molecule has 2 aromatic rings. The number of hydrogen-bond acceptors (Lipinski definition) is 2. The molecule has 20 heavy (non-hydrogen) atoms. The van der Waals surface area contributed by atoms with E-state index in [4.69, 9.17) is 5.11 Å². The molecule has 0 aliphatic heterocycles. The summed E-state index contributed by atoms with van der Waals surface area (Å²) in [5, 5.41) is 19.4. The maximum absolute atomic E-state index is 11.4. The Morgan fingerprint density at radius 3 is 2.60 bits per heavy atom. The number of aromatic carboxylic acids is 1. The molecule has 0 amide bonds. The number of benzene rings is 1. The van der Waals surface area contributed by atoms with Crippen molar-refractivity contribution in [3.05, 3.63) is 34.5 Å². The average Bonchev–Trinajstić information content (AvgIpc) is 2.79. The van der Waals surface area contributed by atoms with E-state index in [1.807, 2.05) is 13.8 Å². The molecule has 2 N–H and O–H groups in total. The molecule has 0 spiro atoms. The number of aromatic nitrogens is 1. The number of rotatable bonds is 5. The molecular weight excluding hydrogens is 254 g/mol. The zero-order chi connectivity index (χ0) is 14.9. The van der Waals surface area contributed by atoms with Crippen LogP contribution in [0.15, 0.2) is 12.3 Å². The Kier molecular flexibility index (Phi) is 4.14. The number of carboxylic acid groups (broad SMARTS) is 1. The zero-order valence-electron chi connectivity index (χ0n) is 12.2. The fourth-order valence-corrected chi connectivity index (χ4v) is 2.91. The van der Waals surface area contributed by atoms with E-state index in [1.54, 1.807) is 6.07 Å². The maximum Gasteiger partial charge on any atom is 0.335 e. The summed E-state index contributed by atoms with van der Waals surface area (Å²) in [4.78, 5) is 11.4. The second kappa shape index (κ2) is 5.67. The largest absolute Gasteiger partial charge is 0.478 e. The highest BCUT2D eigenvalue weighted by Gasteiger charge is 2.18. The Bertz CT molecular complexity index is 656. The van der Waals surface area contributed by atoms with Gasteiger partial charge in [-0.15, -0.1) is 0 Å². The molecule has 1 aromatic heterocycles. The smallest absolute Gasteiger partial charge is 0.335 e. The molecule has 0 saturated heterocycles. The number of nitrogens with zero attached hydrogens (tertiary/aromatic N) is 1. The molecular formula is C16H21NO3. The molecule has 1 heterocycles. The van der Waals surface area contributed by atoms with E-state index in [1.165, 1.54) is 0 Å². The Labute approximate surface area is 118 Å². The van der Waals surface area contributed by atoms with Crippen LogP contribution in [-0.4, -0.2) is 27.4 Å². The van der Waals surface area contributed by atoms with Crippen molar-refractivity contribution in [2.45, 2.75) is 40.2 Å². The molecule has 0 atom stereocenters. The lowest BCUT2D eigenvalue weighted by Gasteiger charge is -2.10. The van der Waals surface area contributed by atoms with Crippen molar-refractivity contribution in [2.75, 3.05) is 6.61 Å². The summed E-state index contributed by atoms with van der Waals surface area (Å²) in [7, 11) is 0. The first-order valence-electron chi connectivity index (χ1n) is 6.97. The average molecular weight is 275 g/mol. The highest BCUT2D eigenvalue weighted by Crippen LogP contribution is 2.31. The molecule has 4 heteroatoms. The summed E-state index contributed by atoms with van der Waals surface area (Å²) < 4.78 is 2.16. The van der Waals surface area contributed by atoms with E-state index in [9.17, 15) is 9.90 Å². The standard InChI is InChI=1S/C16H21NO3/c1-4-17-9-12(6-5-7-18)14-11(3)13(16(19)20)8-10(2)15(14)17/h8-9,18H,4-7H2,1-3H3,(H,19,20). The lowest BCUT2D eigenvalue weighted by molar-refractivity contribution is 0.0696. The molecule has 1 aromatic carbocycles. The van der Waals surface area contributed by atoms with Gasteiger partial charge in [-0.3, -0.25) is 0 Å². The van der Waals surface area contributed by atoms with Gasteiger partial charge in [-0.2, -0.15) is 0 Å². The number of aliphatic hydroxyl groups is 1. The van der Waals surface area contributed by atoms with Crippen molar-refractivity contribution < 1.29 is 15.0 Å². The Balaban J connectivity index is 2.77. The van der Waals surface area contributed by atoms with Gasteiger partial charge < -0.3 is 14.8 Å². The minimum Gasteiger partial charge on any atom is -0.478 e. The molecule has 0 unspecified atom stereocenters. The second-order valence-corrected chi connectivity index (χ2v) is 5.16. The summed E-state index contributed by atoms with van der Waals surface area (Å²) in [6.07, 6.45) is 3.55. The van der Waals surface area contributed by atoms with E-state index in [0.29, 0.717) is 12.0 Å². The number of fused-ring (bicyclic) bond motifs is 1. The molecule has 0 aliphatic carbocycles. The van der Waals surface area contributed by atoms with Gasteiger partial charge in [0, 0.05) is 24.7 Å². The van der Waals surface area contributed by atoms with E-state index < -0.39 is 5.97 Å². The van der Waals surface area contributed by atoms with Crippen molar-refractivity contribution in [3.8, 4) is 0 Å². The third-order valence-electron chi connectivity index (χ3n) is 3.85. The normalized spacial score (nSPS) is 11.2. The highest BCUT2D eigenvalue weighted by molar-refractivity contribution is 5.99. The van der Waals surface area contributed by atoms with Crippen molar-refractivity contribution in [2.24, 2.45) is 0 Å². The van der Waals surface area contributed by atoms with Crippen LogP contribution in [0.1, 0.15) is 40.4 Å². The predicted octanol–water partition coefficient (Wildman–Crippen LogP) is 2.90. The Morgan fingerprint density at radius 2 is 2.05 bits per heavy atom. The maximum atomic E-state index is 11.4. The van der Waals surface area contributed by atoms with Gasteiger partial charge in [0.25, 0.3) is 0 Å². The molecule has 0 fully saturated rings. The van der Waals surface area contributed by atoms with E-state index in [0.717, 1.165) is 40.6 Å². The van der Waals surface area contributed by atoms with Crippen molar-refractivity contribution in [3.63, 3.8) is 0 Å². The zero-order valence-corrected chi connectivity index (χ0v) is 12.2. The predicted molar refractivity (Wildman–Crippen MR) is 79.5 cm³/mol. The topological polar surface area (TPSA) is 62.5 Å². The number of aryl methyl sites for hydroxylation is 4. The molecule has 4 nitrogen and oxygen atoms in total. The monoisotopic (exact) mass is 275 g/mol. The highest BCUT2D eigenvalue weighted by atomic mass is 16.4. The van der Waals surface area contributed by atoms with Crippen LogP contribution in [0, 0.1) is 13.8 Å². The van der Waals surface area contributed by atoms with Gasteiger partial charge in [-0.25, -0.2) is 4.79 Å². The molecule has 0 saturated carbocycles. The van der Waals surface area contributed by atoms with Crippen LogP contribution in [0.25, 0.3) is 10.9 Å². The fourth-order valence-electron chi connectivity index (χ4n) is 2.91. The summed E-state index contributed by atoms with van der Waals surface area (Å²) in [5.74, 6) is -0.884. The number of aliphatic hydroxyl groups excluding tert-OH is 1. The van der Waals surface area contributed by atoms with Crippen LogP contribution >= 0.6 is 0 Å².